The molecule has 0 aliphatic rings. The van der Waals surface area contributed by atoms with Crippen molar-refractivity contribution in [3.8, 4) is 0 Å². The standard InChI is InChI=1S/C17H23ClN2O/c1-10(2)16-15(17(18)20(5)19-16)14(21)9-13-7-6-11(3)12(4)8-13/h6-8,10,14,21H,9H2,1-5H3. The number of aryl methyl sites for hydroxylation is 3. The molecule has 4 heteroatoms. The van der Waals surface area contributed by atoms with E-state index in [1.807, 2.05) is 0 Å². The first kappa shape index (κ1) is 16.1. The summed E-state index contributed by atoms with van der Waals surface area (Å²) >= 11 is 6.32. The van der Waals surface area contributed by atoms with Gasteiger partial charge in [0.15, 0.2) is 0 Å². The second-order valence-electron chi connectivity index (χ2n) is 6.01. The van der Waals surface area contributed by atoms with E-state index in [0.29, 0.717) is 11.6 Å². The lowest BCUT2D eigenvalue weighted by Crippen LogP contribution is -2.06. The molecule has 3 nitrogen and oxygen atoms in total. The molecule has 0 spiro atoms. The quantitative estimate of drug-likeness (QED) is 0.924. The predicted molar refractivity (Wildman–Crippen MR) is 86.9 cm³/mol. The van der Waals surface area contributed by atoms with Crippen LogP contribution < -0.4 is 0 Å². The molecule has 1 heterocycles. The average molecular weight is 307 g/mol. The minimum atomic E-state index is -0.634. The molecule has 0 aliphatic carbocycles. The van der Waals surface area contributed by atoms with Gasteiger partial charge in [0.05, 0.1) is 11.8 Å². The molecular weight excluding hydrogens is 284 g/mol. The van der Waals surface area contributed by atoms with Gasteiger partial charge in [0.2, 0.25) is 0 Å². The first-order valence-electron chi connectivity index (χ1n) is 7.27. The van der Waals surface area contributed by atoms with E-state index in [1.54, 1.807) is 11.7 Å². The summed E-state index contributed by atoms with van der Waals surface area (Å²) in [6.45, 7) is 8.29. The molecule has 2 rings (SSSR count). The number of nitrogens with zero attached hydrogens (tertiary/aromatic N) is 2. The van der Waals surface area contributed by atoms with E-state index in [9.17, 15) is 5.11 Å². The summed E-state index contributed by atoms with van der Waals surface area (Å²) in [6, 6.07) is 6.27. The van der Waals surface area contributed by atoms with Crippen molar-refractivity contribution in [2.24, 2.45) is 7.05 Å². The summed E-state index contributed by atoms with van der Waals surface area (Å²) in [5.74, 6) is 0.230. The molecule has 0 radical (unpaired) electrons. The van der Waals surface area contributed by atoms with Crippen LogP contribution in [0.2, 0.25) is 5.15 Å². The van der Waals surface area contributed by atoms with E-state index in [-0.39, 0.29) is 5.92 Å². The fourth-order valence-corrected chi connectivity index (χ4v) is 2.79. The van der Waals surface area contributed by atoms with Crippen LogP contribution in [-0.4, -0.2) is 14.9 Å². The Labute approximate surface area is 131 Å². The molecule has 1 N–H and O–H groups in total. The largest absolute Gasteiger partial charge is 0.388 e. The third kappa shape index (κ3) is 3.30. The van der Waals surface area contributed by atoms with Crippen LogP contribution in [0.25, 0.3) is 0 Å². The number of halogens is 1. The number of aromatic nitrogens is 2. The maximum atomic E-state index is 10.6. The summed E-state index contributed by atoms with van der Waals surface area (Å²) in [7, 11) is 1.81. The van der Waals surface area contributed by atoms with Crippen molar-refractivity contribution in [3.63, 3.8) is 0 Å². The highest BCUT2D eigenvalue weighted by Crippen LogP contribution is 2.32. The Kier molecular flexibility index (Phi) is 4.74. The van der Waals surface area contributed by atoms with Crippen LogP contribution >= 0.6 is 11.6 Å². The van der Waals surface area contributed by atoms with E-state index in [0.717, 1.165) is 16.8 Å². The number of hydrogen-bond acceptors (Lipinski definition) is 2. The first-order valence-corrected chi connectivity index (χ1v) is 7.65. The van der Waals surface area contributed by atoms with Crippen molar-refractivity contribution in [3.05, 3.63) is 51.3 Å². The minimum Gasteiger partial charge on any atom is -0.388 e. The zero-order valence-electron chi connectivity index (χ0n) is 13.3. The zero-order chi connectivity index (χ0) is 15.7. The number of rotatable bonds is 4. The van der Waals surface area contributed by atoms with Crippen LogP contribution in [0.3, 0.4) is 0 Å². The minimum absolute atomic E-state index is 0.230. The molecule has 0 aliphatic heterocycles. The first-order chi connectivity index (χ1) is 9.81. The van der Waals surface area contributed by atoms with E-state index in [2.05, 4.69) is 51.0 Å². The summed E-state index contributed by atoms with van der Waals surface area (Å²) in [5, 5.41) is 15.6. The molecule has 0 saturated carbocycles. The summed E-state index contributed by atoms with van der Waals surface area (Å²) < 4.78 is 1.63. The molecular formula is C17H23ClN2O. The van der Waals surface area contributed by atoms with Gasteiger partial charge >= 0.3 is 0 Å². The van der Waals surface area contributed by atoms with Crippen molar-refractivity contribution in [2.45, 2.75) is 46.1 Å². The number of aliphatic hydroxyl groups is 1. The van der Waals surface area contributed by atoms with Crippen molar-refractivity contribution in [2.75, 3.05) is 0 Å². The van der Waals surface area contributed by atoms with Gasteiger partial charge < -0.3 is 5.11 Å². The van der Waals surface area contributed by atoms with Gasteiger partial charge in [-0.3, -0.25) is 4.68 Å². The molecule has 1 aromatic heterocycles. The molecule has 1 aromatic carbocycles. The Bertz CT molecular complexity index is 646. The van der Waals surface area contributed by atoms with Crippen LogP contribution in [0.15, 0.2) is 18.2 Å². The highest BCUT2D eigenvalue weighted by molar-refractivity contribution is 6.30. The molecule has 1 unspecified atom stereocenters. The van der Waals surface area contributed by atoms with E-state index < -0.39 is 6.10 Å². The number of benzene rings is 1. The third-order valence-electron chi connectivity index (χ3n) is 3.92. The Morgan fingerprint density at radius 1 is 1.24 bits per heavy atom. The van der Waals surface area contributed by atoms with Crippen molar-refractivity contribution >= 4 is 11.6 Å². The van der Waals surface area contributed by atoms with Crippen LogP contribution in [0.1, 0.15) is 53.8 Å². The third-order valence-corrected chi connectivity index (χ3v) is 4.37. The topological polar surface area (TPSA) is 38.1 Å². The van der Waals surface area contributed by atoms with Gasteiger partial charge in [-0.05, 0) is 36.5 Å². The zero-order valence-corrected chi connectivity index (χ0v) is 14.1. The molecule has 0 amide bonds. The highest BCUT2D eigenvalue weighted by Gasteiger charge is 2.23. The SMILES string of the molecule is Cc1ccc(CC(O)c2c(C(C)C)nn(C)c2Cl)cc1C. The van der Waals surface area contributed by atoms with Crippen molar-refractivity contribution in [1.82, 2.24) is 9.78 Å². The smallest absolute Gasteiger partial charge is 0.132 e. The Hall–Kier alpha value is -1.32. The van der Waals surface area contributed by atoms with Crippen LogP contribution in [0, 0.1) is 13.8 Å². The van der Waals surface area contributed by atoms with E-state index in [4.69, 9.17) is 11.6 Å². The Balaban J connectivity index is 2.31. The van der Waals surface area contributed by atoms with Gasteiger partial charge in [0, 0.05) is 19.0 Å². The summed E-state index contributed by atoms with van der Waals surface area (Å²) in [5.41, 5.74) is 5.24. The fraction of sp³-hybridized carbons (Fsp3) is 0.471. The molecule has 0 fully saturated rings. The van der Waals surface area contributed by atoms with Gasteiger partial charge in [-0.25, -0.2) is 0 Å². The predicted octanol–water partition coefficient (Wildman–Crippen LogP) is 4.09. The van der Waals surface area contributed by atoms with Crippen LogP contribution in [-0.2, 0) is 13.5 Å². The monoisotopic (exact) mass is 306 g/mol. The second-order valence-corrected chi connectivity index (χ2v) is 6.36. The molecule has 114 valence electrons. The molecule has 21 heavy (non-hydrogen) atoms. The Morgan fingerprint density at radius 2 is 1.90 bits per heavy atom. The maximum Gasteiger partial charge on any atom is 0.132 e. The van der Waals surface area contributed by atoms with E-state index >= 15 is 0 Å². The summed E-state index contributed by atoms with van der Waals surface area (Å²) in [4.78, 5) is 0. The highest BCUT2D eigenvalue weighted by atomic mass is 35.5. The average Bonchev–Trinajstić information content (AvgIpc) is 2.70. The van der Waals surface area contributed by atoms with Crippen LogP contribution in [0.4, 0.5) is 0 Å². The molecule has 0 bridgehead atoms. The second kappa shape index (κ2) is 6.20. The summed E-state index contributed by atoms with van der Waals surface area (Å²) in [6.07, 6.45) is -0.0857. The molecule has 1 atom stereocenters. The van der Waals surface area contributed by atoms with Crippen molar-refractivity contribution in [1.29, 1.82) is 0 Å². The number of hydrogen-bond donors (Lipinski definition) is 1. The van der Waals surface area contributed by atoms with Gasteiger partial charge in [-0.15, -0.1) is 0 Å². The Morgan fingerprint density at radius 3 is 2.48 bits per heavy atom. The van der Waals surface area contributed by atoms with E-state index in [1.165, 1.54) is 11.1 Å². The lowest BCUT2D eigenvalue weighted by Gasteiger charge is -2.14. The number of aliphatic hydroxyl groups excluding tert-OH is 1. The lowest BCUT2D eigenvalue weighted by atomic mass is 9.96. The van der Waals surface area contributed by atoms with Gasteiger partial charge in [0.1, 0.15) is 5.15 Å². The molecule has 0 saturated heterocycles. The van der Waals surface area contributed by atoms with Gasteiger partial charge in [-0.2, -0.15) is 5.10 Å². The van der Waals surface area contributed by atoms with Crippen LogP contribution in [0.5, 0.6) is 0 Å². The fourth-order valence-electron chi connectivity index (χ4n) is 2.53. The van der Waals surface area contributed by atoms with Gasteiger partial charge in [0.25, 0.3) is 0 Å². The normalized spacial score (nSPS) is 13.0. The van der Waals surface area contributed by atoms with Gasteiger partial charge in [-0.1, -0.05) is 43.6 Å². The molecule has 2 aromatic rings. The maximum absolute atomic E-state index is 10.6. The lowest BCUT2D eigenvalue weighted by molar-refractivity contribution is 0.177. The van der Waals surface area contributed by atoms with Crippen molar-refractivity contribution < 1.29 is 5.11 Å².